The third-order valence-electron chi connectivity index (χ3n) is 3.84. The van der Waals surface area contributed by atoms with Gasteiger partial charge in [0.1, 0.15) is 5.82 Å². The number of carbonyl (C=O) groups is 1. The van der Waals surface area contributed by atoms with Crippen LogP contribution in [0.2, 0.25) is 5.28 Å². The minimum atomic E-state index is -0.852. The summed E-state index contributed by atoms with van der Waals surface area (Å²) < 4.78 is 0. The molecule has 2 heterocycles. The first kappa shape index (κ1) is 11.9. The van der Waals surface area contributed by atoms with Crippen LogP contribution < -0.4 is 4.90 Å². The molecule has 1 unspecified atom stereocenters. The van der Waals surface area contributed by atoms with Gasteiger partial charge in [-0.05, 0) is 37.8 Å². The number of halogens is 1. The summed E-state index contributed by atoms with van der Waals surface area (Å²) in [4.78, 5) is 21.8. The van der Waals surface area contributed by atoms with Crippen LogP contribution in [0.15, 0.2) is 6.20 Å². The topological polar surface area (TPSA) is 66.3 Å². The first-order valence-electron chi connectivity index (χ1n) is 6.05. The van der Waals surface area contributed by atoms with Crippen LogP contribution in [-0.4, -0.2) is 32.6 Å². The monoisotopic (exact) mass is 267 g/mol. The number of aromatic nitrogens is 2. The lowest BCUT2D eigenvalue weighted by atomic mass is 9.99. The van der Waals surface area contributed by atoms with E-state index in [1.54, 1.807) is 18.0 Å². The average molecular weight is 268 g/mol. The van der Waals surface area contributed by atoms with E-state index in [9.17, 15) is 9.90 Å². The van der Waals surface area contributed by atoms with E-state index in [0.717, 1.165) is 18.4 Å². The summed E-state index contributed by atoms with van der Waals surface area (Å²) in [7, 11) is 0. The van der Waals surface area contributed by atoms with E-state index in [2.05, 4.69) is 9.97 Å². The minimum Gasteiger partial charge on any atom is -0.388 e. The van der Waals surface area contributed by atoms with Crippen molar-refractivity contribution in [2.45, 2.75) is 44.2 Å². The van der Waals surface area contributed by atoms with E-state index in [1.165, 1.54) is 0 Å². The second kappa shape index (κ2) is 3.90. The zero-order chi connectivity index (χ0) is 12.9. The summed E-state index contributed by atoms with van der Waals surface area (Å²) in [6, 6.07) is -0.211. The molecule has 6 heteroatoms. The molecule has 0 spiro atoms. The Labute approximate surface area is 110 Å². The Morgan fingerprint density at radius 3 is 3.06 bits per heavy atom. The molecule has 2 aliphatic rings. The van der Waals surface area contributed by atoms with Crippen molar-refractivity contribution in [1.29, 1.82) is 0 Å². The lowest BCUT2D eigenvalue weighted by Gasteiger charge is -2.33. The van der Waals surface area contributed by atoms with Crippen molar-refractivity contribution < 1.29 is 9.90 Å². The number of amides is 1. The molecule has 1 aliphatic carbocycles. The van der Waals surface area contributed by atoms with Gasteiger partial charge in [0.15, 0.2) is 0 Å². The normalized spacial score (nSPS) is 30.9. The average Bonchev–Trinajstić information content (AvgIpc) is 2.77. The molecule has 5 nitrogen and oxygen atoms in total. The van der Waals surface area contributed by atoms with E-state index >= 15 is 0 Å². The molecule has 3 rings (SSSR count). The largest absolute Gasteiger partial charge is 0.388 e. The number of aliphatic hydroxyl groups is 1. The Morgan fingerprint density at radius 2 is 2.39 bits per heavy atom. The fourth-order valence-electron chi connectivity index (χ4n) is 2.94. The molecule has 96 valence electrons. The van der Waals surface area contributed by atoms with Gasteiger partial charge in [-0.2, -0.15) is 4.98 Å². The van der Waals surface area contributed by atoms with Gasteiger partial charge in [0, 0.05) is 11.8 Å². The Morgan fingerprint density at radius 1 is 1.61 bits per heavy atom. The number of fused-ring (bicyclic) bond motifs is 1. The summed E-state index contributed by atoms with van der Waals surface area (Å²) in [6.45, 7) is 1.78. The predicted octanol–water partition coefficient (Wildman–Crippen LogP) is 1.32. The minimum absolute atomic E-state index is 0.0336. The van der Waals surface area contributed by atoms with Crippen molar-refractivity contribution >= 4 is 23.3 Å². The molecule has 0 saturated heterocycles. The molecule has 0 radical (unpaired) electrons. The molecule has 1 saturated carbocycles. The summed E-state index contributed by atoms with van der Waals surface area (Å²) in [5, 5.41) is 10.5. The summed E-state index contributed by atoms with van der Waals surface area (Å²) in [6.07, 6.45) is 4.29. The van der Waals surface area contributed by atoms with Crippen molar-refractivity contribution in [2.75, 3.05) is 4.90 Å². The highest BCUT2D eigenvalue weighted by atomic mass is 35.5. The van der Waals surface area contributed by atoms with Crippen LogP contribution >= 0.6 is 11.6 Å². The van der Waals surface area contributed by atoms with E-state index in [0.29, 0.717) is 18.7 Å². The number of hydrogen-bond donors (Lipinski definition) is 1. The third kappa shape index (κ3) is 1.69. The maximum absolute atomic E-state index is 12.1. The fourth-order valence-corrected chi connectivity index (χ4v) is 3.06. The molecule has 1 aromatic rings. The molecule has 1 aliphatic heterocycles. The van der Waals surface area contributed by atoms with Crippen LogP contribution in [0, 0.1) is 0 Å². The van der Waals surface area contributed by atoms with Gasteiger partial charge >= 0.3 is 0 Å². The maximum Gasteiger partial charge on any atom is 0.233 e. The van der Waals surface area contributed by atoms with Crippen molar-refractivity contribution in [3.8, 4) is 0 Å². The Balaban J connectivity index is 2.03. The molecule has 1 aromatic heterocycles. The van der Waals surface area contributed by atoms with Gasteiger partial charge < -0.3 is 5.11 Å². The van der Waals surface area contributed by atoms with Crippen molar-refractivity contribution in [3.63, 3.8) is 0 Å². The molecule has 0 bridgehead atoms. The summed E-state index contributed by atoms with van der Waals surface area (Å²) in [5.74, 6) is 0.529. The smallest absolute Gasteiger partial charge is 0.233 e. The van der Waals surface area contributed by atoms with E-state index in [-0.39, 0.29) is 17.2 Å². The molecule has 1 fully saturated rings. The lowest BCUT2D eigenvalue weighted by Crippen LogP contribution is -2.49. The summed E-state index contributed by atoms with van der Waals surface area (Å²) in [5.41, 5.74) is -0.0681. The Kier molecular flexibility index (Phi) is 2.57. The van der Waals surface area contributed by atoms with Gasteiger partial charge in [0.2, 0.25) is 11.2 Å². The highest BCUT2D eigenvalue weighted by Gasteiger charge is 2.46. The van der Waals surface area contributed by atoms with Crippen LogP contribution in [0.25, 0.3) is 0 Å². The second-order valence-electron chi connectivity index (χ2n) is 5.19. The Bertz CT molecular complexity index is 518. The van der Waals surface area contributed by atoms with Gasteiger partial charge in [-0.3, -0.25) is 9.69 Å². The predicted molar refractivity (Wildman–Crippen MR) is 66.5 cm³/mol. The first-order chi connectivity index (χ1) is 8.49. The number of carbonyl (C=O) groups excluding carboxylic acids is 1. The van der Waals surface area contributed by atoms with Gasteiger partial charge in [0.25, 0.3) is 0 Å². The van der Waals surface area contributed by atoms with Gasteiger partial charge in [-0.1, -0.05) is 0 Å². The quantitative estimate of drug-likeness (QED) is 0.780. The van der Waals surface area contributed by atoms with Gasteiger partial charge in [0.05, 0.1) is 18.1 Å². The zero-order valence-electron chi connectivity index (χ0n) is 10.1. The maximum atomic E-state index is 12.1. The van der Waals surface area contributed by atoms with Crippen LogP contribution in [0.5, 0.6) is 0 Å². The third-order valence-corrected chi connectivity index (χ3v) is 4.02. The lowest BCUT2D eigenvalue weighted by molar-refractivity contribution is -0.118. The number of rotatable bonds is 1. The first-order valence-corrected chi connectivity index (χ1v) is 6.43. The van der Waals surface area contributed by atoms with Crippen LogP contribution in [0.1, 0.15) is 31.7 Å². The van der Waals surface area contributed by atoms with Crippen LogP contribution in [0.4, 0.5) is 5.82 Å². The van der Waals surface area contributed by atoms with Crippen LogP contribution in [-0.2, 0) is 11.2 Å². The molecular weight excluding hydrogens is 254 g/mol. The highest BCUT2D eigenvalue weighted by Crippen LogP contribution is 2.39. The van der Waals surface area contributed by atoms with Crippen molar-refractivity contribution in [2.24, 2.45) is 0 Å². The molecule has 1 N–H and O–H groups in total. The summed E-state index contributed by atoms with van der Waals surface area (Å²) >= 11 is 5.79. The second-order valence-corrected chi connectivity index (χ2v) is 5.53. The van der Waals surface area contributed by atoms with E-state index in [4.69, 9.17) is 11.6 Å². The number of nitrogens with zero attached hydrogens (tertiary/aromatic N) is 3. The molecule has 0 aromatic carbocycles. The van der Waals surface area contributed by atoms with Gasteiger partial charge in [-0.15, -0.1) is 0 Å². The van der Waals surface area contributed by atoms with Crippen LogP contribution in [0.3, 0.4) is 0 Å². The Hall–Kier alpha value is -1.20. The molecular formula is C12H14ClN3O2. The van der Waals surface area contributed by atoms with Crippen molar-refractivity contribution in [3.05, 3.63) is 17.0 Å². The van der Waals surface area contributed by atoms with Crippen molar-refractivity contribution in [1.82, 2.24) is 9.97 Å². The van der Waals surface area contributed by atoms with E-state index in [1.807, 2.05) is 0 Å². The standard InChI is InChI=1S/C12H14ClN3O2/c1-12(18)4-2-3-8(12)16-9(17)5-7-6-14-11(13)15-10(7)16/h6,8,18H,2-5H2,1H3/t8?,12-/m0/s1. The SMILES string of the molecule is C[C@]1(O)CCCC1N1C(=O)Cc2cnc(Cl)nc21. The fraction of sp³-hybridized carbons (Fsp3) is 0.583. The highest BCUT2D eigenvalue weighted by molar-refractivity contribution is 6.28. The van der Waals surface area contributed by atoms with E-state index < -0.39 is 5.60 Å². The van der Waals surface area contributed by atoms with Gasteiger partial charge in [-0.25, -0.2) is 4.98 Å². The molecule has 18 heavy (non-hydrogen) atoms. The molecule has 1 amide bonds. The number of anilines is 1. The molecule has 2 atom stereocenters. The zero-order valence-corrected chi connectivity index (χ0v) is 10.8. The number of hydrogen-bond acceptors (Lipinski definition) is 4.